The molecule has 0 aliphatic carbocycles. The van der Waals surface area contributed by atoms with E-state index in [9.17, 15) is 0 Å². The van der Waals surface area contributed by atoms with Crippen LogP contribution in [0.5, 0.6) is 0 Å². The zero-order valence-corrected chi connectivity index (χ0v) is 6.57. The highest BCUT2D eigenvalue weighted by atomic mass is 14.2. The Labute approximate surface area is 58.3 Å². The zero-order chi connectivity index (χ0) is 7.49. The molecule has 0 aromatic carbocycles. The summed E-state index contributed by atoms with van der Waals surface area (Å²) in [6.07, 6.45) is 1.95. The standard InChI is InChI=1S/C9H15/c1-6-7-8(2)9(3,4)5/h7-8H,1,3H2,2,4-5H3. The molecule has 0 heteroatoms. The summed E-state index contributed by atoms with van der Waals surface area (Å²) in [5, 5.41) is 0. The third-order valence-corrected chi connectivity index (χ3v) is 1.60. The summed E-state index contributed by atoms with van der Waals surface area (Å²) in [6.45, 7) is 13.8. The van der Waals surface area contributed by atoms with Crippen molar-refractivity contribution in [3.63, 3.8) is 0 Å². The Morgan fingerprint density at radius 1 is 1.56 bits per heavy atom. The molecular weight excluding hydrogens is 108 g/mol. The Balaban J connectivity index is 4.03. The molecule has 0 heterocycles. The lowest BCUT2D eigenvalue weighted by Crippen LogP contribution is -2.14. The lowest BCUT2D eigenvalue weighted by Gasteiger charge is -2.22. The number of hydrogen-bond donors (Lipinski definition) is 0. The molecule has 0 spiro atoms. The molecule has 51 valence electrons. The molecule has 0 bridgehead atoms. The van der Waals surface area contributed by atoms with E-state index in [2.05, 4.69) is 40.0 Å². The Kier molecular flexibility index (Phi) is 2.73. The summed E-state index contributed by atoms with van der Waals surface area (Å²) in [4.78, 5) is 0. The topological polar surface area (TPSA) is 0 Å². The molecule has 0 N–H and O–H groups in total. The van der Waals surface area contributed by atoms with E-state index in [1.807, 2.05) is 6.08 Å². The highest BCUT2D eigenvalue weighted by Crippen LogP contribution is 2.24. The Morgan fingerprint density at radius 2 is 2.00 bits per heavy atom. The summed E-state index contributed by atoms with van der Waals surface area (Å²) in [5.74, 6) is 0.454. The van der Waals surface area contributed by atoms with Gasteiger partial charge in [0.25, 0.3) is 0 Å². The predicted molar refractivity (Wildman–Crippen MR) is 42.0 cm³/mol. The fourth-order valence-electron chi connectivity index (χ4n) is 0.402. The summed E-state index contributed by atoms with van der Waals surface area (Å²) in [6, 6.07) is 0. The number of hydrogen-bond acceptors (Lipinski definition) is 0. The van der Waals surface area contributed by atoms with Crippen LogP contribution in [0.1, 0.15) is 20.8 Å². The van der Waals surface area contributed by atoms with Gasteiger partial charge in [-0.25, -0.2) is 0 Å². The van der Waals surface area contributed by atoms with Gasteiger partial charge in [0, 0.05) is 0 Å². The van der Waals surface area contributed by atoms with Gasteiger partial charge in [-0.15, -0.1) is 5.73 Å². The molecule has 0 amide bonds. The molecule has 0 fully saturated rings. The van der Waals surface area contributed by atoms with Gasteiger partial charge in [0.2, 0.25) is 0 Å². The minimum absolute atomic E-state index is 0.102. The average molecular weight is 123 g/mol. The van der Waals surface area contributed by atoms with Crippen LogP contribution in [0.2, 0.25) is 0 Å². The SMILES string of the molecule is [CH2]C(C)(C)C(C)C=C=C. The van der Waals surface area contributed by atoms with Crippen molar-refractivity contribution < 1.29 is 0 Å². The second-order valence-electron chi connectivity index (χ2n) is 3.15. The van der Waals surface area contributed by atoms with E-state index in [1.165, 1.54) is 0 Å². The molecule has 0 aromatic heterocycles. The highest BCUT2D eigenvalue weighted by Gasteiger charge is 2.16. The first-order valence-corrected chi connectivity index (χ1v) is 3.20. The van der Waals surface area contributed by atoms with Crippen LogP contribution >= 0.6 is 0 Å². The molecule has 1 unspecified atom stereocenters. The lowest BCUT2D eigenvalue weighted by atomic mass is 9.82. The largest absolute Gasteiger partial charge is 0.133 e. The van der Waals surface area contributed by atoms with Gasteiger partial charge in [0.15, 0.2) is 0 Å². The van der Waals surface area contributed by atoms with Gasteiger partial charge >= 0.3 is 0 Å². The van der Waals surface area contributed by atoms with E-state index in [0.29, 0.717) is 5.92 Å². The Morgan fingerprint density at radius 3 is 2.11 bits per heavy atom. The van der Waals surface area contributed by atoms with Crippen molar-refractivity contribution in [3.8, 4) is 0 Å². The van der Waals surface area contributed by atoms with Crippen molar-refractivity contribution >= 4 is 0 Å². The zero-order valence-electron chi connectivity index (χ0n) is 6.57. The molecule has 0 nitrogen and oxygen atoms in total. The van der Waals surface area contributed by atoms with Gasteiger partial charge in [-0.05, 0) is 24.3 Å². The van der Waals surface area contributed by atoms with Crippen molar-refractivity contribution in [1.82, 2.24) is 0 Å². The monoisotopic (exact) mass is 123 g/mol. The van der Waals surface area contributed by atoms with Crippen LogP contribution < -0.4 is 0 Å². The first-order chi connectivity index (χ1) is 3.98. The summed E-state index contributed by atoms with van der Waals surface area (Å²) in [5.41, 5.74) is 2.86. The first-order valence-electron chi connectivity index (χ1n) is 3.20. The number of rotatable bonds is 2. The summed E-state index contributed by atoms with van der Waals surface area (Å²) in [7, 11) is 0. The molecule has 0 saturated heterocycles. The summed E-state index contributed by atoms with van der Waals surface area (Å²) >= 11 is 0. The first kappa shape index (κ1) is 8.52. The predicted octanol–water partition coefficient (Wildman–Crippen LogP) is 2.82. The van der Waals surface area contributed by atoms with E-state index >= 15 is 0 Å². The molecule has 0 aliphatic rings. The van der Waals surface area contributed by atoms with Gasteiger partial charge in [0.1, 0.15) is 0 Å². The van der Waals surface area contributed by atoms with E-state index in [-0.39, 0.29) is 5.41 Å². The van der Waals surface area contributed by atoms with Gasteiger partial charge in [-0.1, -0.05) is 27.4 Å². The van der Waals surface area contributed by atoms with Crippen LogP contribution in [0.25, 0.3) is 0 Å². The third kappa shape index (κ3) is 3.16. The van der Waals surface area contributed by atoms with E-state index < -0.39 is 0 Å². The van der Waals surface area contributed by atoms with Gasteiger partial charge in [-0.3, -0.25) is 0 Å². The Hall–Kier alpha value is -0.480. The van der Waals surface area contributed by atoms with Gasteiger partial charge < -0.3 is 0 Å². The summed E-state index contributed by atoms with van der Waals surface area (Å²) < 4.78 is 0. The van der Waals surface area contributed by atoms with Crippen LogP contribution in [-0.4, -0.2) is 0 Å². The maximum absolute atomic E-state index is 3.99. The third-order valence-electron chi connectivity index (χ3n) is 1.60. The molecule has 0 saturated carbocycles. The van der Waals surface area contributed by atoms with E-state index in [4.69, 9.17) is 0 Å². The lowest BCUT2D eigenvalue weighted by molar-refractivity contribution is 0.364. The van der Waals surface area contributed by atoms with E-state index in [1.54, 1.807) is 0 Å². The maximum atomic E-state index is 3.99. The quantitative estimate of drug-likeness (QED) is 0.495. The second kappa shape index (κ2) is 2.89. The highest BCUT2D eigenvalue weighted by molar-refractivity contribution is 4.91. The number of allylic oxidation sites excluding steroid dienone is 1. The second-order valence-corrected chi connectivity index (χ2v) is 3.15. The fourth-order valence-corrected chi connectivity index (χ4v) is 0.402. The van der Waals surface area contributed by atoms with Crippen LogP contribution in [0.15, 0.2) is 18.4 Å². The van der Waals surface area contributed by atoms with Crippen molar-refractivity contribution in [2.24, 2.45) is 11.3 Å². The van der Waals surface area contributed by atoms with Crippen LogP contribution in [0.3, 0.4) is 0 Å². The minimum atomic E-state index is 0.102. The molecule has 0 aliphatic heterocycles. The fraction of sp³-hybridized carbons (Fsp3) is 0.556. The van der Waals surface area contributed by atoms with Crippen LogP contribution in [0, 0.1) is 18.3 Å². The molecule has 0 rings (SSSR count). The van der Waals surface area contributed by atoms with Crippen LogP contribution in [-0.2, 0) is 0 Å². The average Bonchev–Trinajstić information content (AvgIpc) is 1.64. The molecule has 1 radical (unpaired) electrons. The minimum Gasteiger partial charge on any atom is -0.133 e. The van der Waals surface area contributed by atoms with Crippen molar-refractivity contribution in [1.29, 1.82) is 0 Å². The molecule has 1 atom stereocenters. The Bertz CT molecular complexity index is 119. The van der Waals surface area contributed by atoms with Crippen molar-refractivity contribution in [3.05, 3.63) is 25.3 Å². The van der Waals surface area contributed by atoms with Gasteiger partial charge in [-0.2, -0.15) is 0 Å². The van der Waals surface area contributed by atoms with E-state index in [0.717, 1.165) is 0 Å². The van der Waals surface area contributed by atoms with Crippen molar-refractivity contribution in [2.45, 2.75) is 20.8 Å². The van der Waals surface area contributed by atoms with Crippen LogP contribution in [0.4, 0.5) is 0 Å². The molecule has 9 heavy (non-hydrogen) atoms. The van der Waals surface area contributed by atoms with Crippen molar-refractivity contribution in [2.75, 3.05) is 0 Å². The normalized spacial score (nSPS) is 14.2. The molecule has 0 aromatic rings. The molecular formula is C9H15. The maximum Gasteiger partial charge on any atom is -0.0135 e. The van der Waals surface area contributed by atoms with Gasteiger partial charge in [0.05, 0.1) is 0 Å². The smallest absolute Gasteiger partial charge is 0.0135 e.